The van der Waals surface area contributed by atoms with Gasteiger partial charge in [-0.1, -0.05) is 61.0 Å². The molecule has 0 radical (unpaired) electrons. The maximum absolute atomic E-state index is 12.8. The predicted octanol–water partition coefficient (Wildman–Crippen LogP) is 7.04. The minimum atomic E-state index is -4.30. The van der Waals surface area contributed by atoms with Crippen LogP contribution in [-0.4, -0.2) is 5.78 Å². The lowest BCUT2D eigenvalue weighted by Crippen LogP contribution is -2.58. The number of ketones is 1. The Morgan fingerprint density at radius 2 is 1.76 bits per heavy atom. The molecule has 1 nitrogen and oxygen atoms in total. The Kier molecular flexibility index (Phi) is 5.37. The number of carbonyl (C=O) groups is 1. The molecule has 0 spiro atoms. The molecule has 2 saturated carbocycles. The Labute approximate surface area is 169 Å². The van der Waals surface area contributed by atoms with Gasteiger partial charge in [-0.3, -0.25) is 4.79 Å². The van der Waals surface area contributed by atoms with E-state index in [1.807, 2.05) is 30.4 Å². The van der Waals surface area contributed by atoms with Crippen molar-refractivity contribution in [2.45, 2.75) is 50.6 Å². The highest BCUT2D eigenvalue weighted by molar-refractivity contribution is 5.96. The number of hydrogen-bond acceptors (Lipinski definition) is 1. The minimum Gasteiger partial charge on any atom is -0.299 e. The van der Waals surface area contributed by atoms with Gasteiger partial charge in [0.2, 0.25) is 0 Å². The van der Waals surface area contributed by atoms with Gasteiger partial charge < -0.3 is 0 Å². The molecule has 152 valence electrons. The zero-order chi connectivity index (χ0) is 20.5. The van der Waals surface area contributed by atoms with Crippen LogP contribution in [0, 0.1) is 11.3 Å². The molecule has 0 amide bonds. The highest BCUT2D eigenvalue weighted by atomic mass is 19.4. The van der Waals surface area contributed by atoms with E-state index in [2.05, 4.69) is 12.1 Å². The first-order chi connectivity index (χ1) is 13.9. The molecule has 2 aromatic rings. The van der Waals surface area contributed by atoms with Gasteiger partial charge in [0.15, 0.2) is 0 Å². The molecule has 0 aromatic heterocycles. The summed E-state index contributed by atoms with van der Waals surface area (Å²) in [4.78, 5) is 12.8. The van der Waals surface area contributed by atoms with Crippen molar-refractivity contribution in [2.24, 2.45) is 11.3 Å². The summed E-state index contributed by atoms with van der Waals surface area (Å²) in [5.74, 6) is 0.988. The van der Waals surface area contributed by atoms with Gasteiger partial charge in [-0.25, -0.2) is 0 Å². The summed E-state index contributed by atoms with van der Waals surface area (Å²) in [5.41, 5.74) is 1.22. The van der Waals surface area contributed by atoms with E-state index in [1.165, 1.54) is 17.7 Å². The van der Waals surface area contributed by atoms with Crippen molar-refractivity contribution in [1.29, 1.82) is 0 Å². The number of unbranched alkanes of at least 4 members (excludes halogenated alkanes) is 1. The summed E-state index contributed by atoms with van der Waals surface area (Å²) in [5, 5.41) is 0. The van der Waals surface area contributed by atoms with Crippen LogP contribution >= 0.6 is 0 Å². The van der Waals surface area contributed by atoms with Gasteiger partial charge in [-0.15, -0.1) is 0 Å². The highest BCUT2D eigenvalue weighted by Gasteiger charge is 2.62. The molecule has 0 N–H and O–H groups in total. The van der Waals surface area contributed by atoms with Crippen molar-refractivity contribution in [1.82, 2.24) is 0 Å². The number of allylic oxidation sites excluding steroid dienone is 1. The monoisotopic (exact) mass is 398 g/mol. The fourth-order valence-electron chi connectivity index (χ4n) is 5.33. The van der Waals surface area contributed by atoms with Crippen LogP contribution in [0.15, 0.2) is 60.7 Å². The third-order valence-corrected chi connectivity index (χ3v) is 6.66. The van der Waals surface area contributed by atoms with E-state index in [9.17, 15) is 18.0 Å². The lowest BCUT2D eigenvalue weighted by atomic mass is 9.43. The van der Waals surface area contributed by atoms with Gasteiger partial charge in [0.05, 0.1) is 5.56 Å². The van der Waals surface area contributed by atoms with Crippen molar-refractivity contribution in [2.75, 3.05) is 0 Å². The van der Waals surface area contributed by atoms with Gasteiger partial charge >= 0.3 is 6.18 Å². The summed E-state index contributed by atoms with van der Waals surface area (Å²) in [6.45, 7) is 0. The fraction of sp³-hybridized carbons (Fsp3) is 0.400. The Bertz CT molecular complexity index is 883. The van der Waals surface area contributed by atoms with E-state index in [1.54, 1.807) is 0 Å². The molecule has 2 aromatic carbocycles. The maximum Gasteiger partial charge on any atom is 0.416 e. The molecule has 0 aliphatic heterocycles. The normalized spacial score (nSPS) is 26.5. The zero-order valence-corrected chi connectivity index (χ0v) is 16.3. The Balaban J connectivity index is 1.36. The van der Waals surface area contributed by atoms with E-state index in [0.717, 1.165) is 56.2 Å². The van der Waals surface area contributed by atoms with Crippen molar-refractivity contribution >= 4 is 11.9 Å². The van der Waals surface area contributed by atoms with Crippen LogP contribution in [0.3, 0.4) is 0 Å². The van der Waals surface area contributed by atoms with Crippen LogP contribution in [0.2, 0.25) is 0 Å². The molecule has 2 aliphatic carbocycles. The second-order valence-corrected chi connectivity index (χ2v) is 8.32. The summed E-state index contributed by atoms with van der Waals surface area (Å²) >= 11 is 0. The molecule has 4 rings (SSSR count). The van der Waals surface area contributed by atoms with Gasteiger partial charge in [-0.05, 0) is 55.4 Å². The Hall–Kier alpha value is -2.36. The Morgan fingerprint density at radius 3 is 2.41 bits per heavy atom. The molecule has 2 bridgehead atoms. The molecule has 0 unspecified atom stereocenters. The average molecular weight is 398 g/mol. The minimum absolute atomic E-state index is 0.189. The smallest absolute Gasteiger partial charge is 0.299 e. The molecular weight excluding hydrogens is 373 g/mol. The third-order valence-electron chi connectivity index (χ3n) is 6.66. The number of rotatable bonds is 6. The second-order valence-electron chi connectivity index (χ2n) is 8.32. The molecule has 3 atom stereocenters. The second kappa shape index (κ2) is 7.81. The molecule has 0 saturated heterocycles. The molecule has 4 heteroatoms. The van der Waals surface area contributed by atoms with Crippen molar-refractivity contribution in [3.63, 3.8) is 0 Å². The summed E-state index contributed by atoms with van der Waals surface area (Å²) < 4.78 is 37.9. The first kappa shape index (κ1) is 19.9. The molecule has 2 aliphatic rings. The predicted molar refractivity (Wildman–Crippen MR) is 108 cm³/mol. The maximum atomic E-state index is 12.8. The standard InChI is InChI=1S/C25H25F3O/c26-25(27,28)20-14-12-18(13-15-20)8-3-2-6-16-24-17-7-11-21(23(24)29)22(24)19-9-4-1-5-10-19/h1,3-5,8-10,12-15,21-22H,2,6-7,11,16-17H2/b8-3+/t21-,22+,24+/m0/s1. The highest BCUT2D eigenvalue weighted by Crippen LogP contribution is 2.64. The van der Waals surface area contributed by atoms with Gasteiger partial charge in [0, 0.05) is 17.3 Å². The van der Waals surface area contributed by atoms with Gasteiger partial charge in [-0.2, -0.15) is 13.2 Å². The number of benzene rings is 2. The fourth-order valence-corrected chi connectivity index (χ4v) is 5.33. The molecule has 0 heterocycles. The van der Waals surface area contributed by atoms with E-state index in [0.29, 0.717) is 11.7 Å². The summed E-state index contributed by atoms with van der Waals surface area (Å²) in [7, 11) is 0. The molecule has 29 heavy (non-hydrogen) atoms. The van der Waals surface area contributed by atoms with Crippen LogP contribution < -0.4 is 0 Å². The van der Waals surface area contributed by atoms with E-state index in [4.69, 9.17) is 0 Å². The lowest BCUT2D eigenvalue weighted by Gasteiger charge is -2.58. The lowest BCUT2D eigenvalue weighted by molar-refractivity contribution is -0.158. The van der Waals surface area contributed by atoms with Crippen LogP contribution in [-0.2, 0) is 11.0 Å². The van der Waals surface area contributed by atoms with E-state index >= 15 is 0 Å². The first-order valence-corrected chi connectivity index (χ1v) is 10.3. The SMILES string of the molecule is O=C1[C@H]2CCC[C@]1(CCC/C=C/c1ccc(C(F)(F)F)cc1)[C@@H]2c1ccccc1. The van der Waals surface area contributed by atoms with Crippen LogP contribution in [0.1, 0.15) is 61.1 Å². The van der Waals surface area contributed by atoms with Crippen LogP contribution in [0.5, 0.6) is 0 Å². The van der Waals surface area contributed by atoms with Crippen LogP contribution in [0.25, 0.3) is 6.08 Å². The van der Waals surface area contributed by atoms with Gasteiger partial charge in [0.1, 0.15) is 5.78 Å². The van der Waals surface area contributed by atoms with Crippen molar-refractivity contribution in [3.05, 3.63) is 77.4 Å². The number of fused-ring (bicyclic) bond motifs is 2. The number of Topliss-reactive ketones (excluding diaryl/α,β-unsaturated/α-hetero) is 1. The van der Waals surface area contributed by atoms with Crippen LogP contribution in [0.4, 0.5) is 13.2 Å². The quantitative estimate of drug-likeness (QED) is 0.477. The number of alkyl halides is 3. The number of carbonyl (C=O) groups excluding carboxylic acids is 1. The number of halogens is 3. The van der Waals surface area contributed by atoms with Crippen molar-refractivity contribution in [3.8, 4) is 0 Å². The van der Waals surface area contributed by atoms with Gasteiger partial charge in [0.25, 0.3) is 0 Å². The molecular formula is C25H25F3O. The summed E-state index contributed by atoms with van der Waals surface area (Å²) in [6.07, 6.45) is 5.29. The third kappa shape index (κ3) is 3.77. The largest absolute Gasteiger partial charge is 0.416 e. The zero-order valence-electron chi connectivity index (χ0n) is 16.3. The first-order valence-electron chi connectivity index (χ1n) is 10.3. The van der Waals surface area contributed by atoms with E-state index < -0.39 is 11.7 Å². The summed E-state index contributed by atoms with van der Waals surface area (Å²) in [6, 6.07) is 15.6. The van der Waals surface area contributed by atoms with Crippen molar-refractivity contribution < 1.29 is 18.0 Å². The number of hydrogen-bond donors (Lipinski definition) is 0. The molecule has 2 fully saturated rings. The average Bonchev–Trinajstić information content (AvgIpc) is 2.73. The Morgan fingerprint density at radius 1 is 1.03 bits per heavy atom. The topological polar surface area (TPSA) is 17.1 Å². The van der Waals surface area contributed by atoms with E-state index in [-0.39, 0.29) is 11.3 Å².